The number of carbonyl (C=O) groups excluding carboxylic acids is 1. The van der Waals surface area contributed by atoms with Crippen LogP contribution in [0.4, 0.5) is 4.79 Å². The molecule has 0 aromatic heterocycles. The highest BCUT2D eigenvalue weighted by molar-refractivity contribution is 7.87. The van der Waals surface area contributed by atoms with E-state index < -0.39 is 10.1 Å². The normalized spacial score (nSPS) is 16.0. The maximum absolute atomic E-state index is 12.6. The van der Waals surface area contributed by atoms with E-state index in [0.717, 1.165) is 18.4 Å². The number of ether oxygens (including phenoxy) is 2. The van der Waals surface area contributed by atoms with Crippen LogP contribution in [0.1, 0.15) is 25.3 Å². The van der Waals surface area contributed by atoms with Gasteiger partial charge in [-0.3, -0.25) is 0 Å². The Kier molecular flexibility index (Phi) is 7.75. The van der Waals surface area contributed by atoms with Crippen LogP contribution in [0, 0.1) is 0 Å². The predicted octanol–water partition coefficient (Wildman–Crippen LogP) is 3.17. The smallest absolute Gasteiger partial charge is 0.339 e. The van der Waals surface area contributed by atoms with Crippen molar-refractivity contribution < 1.29 is 26.9 Å². The van der Waals surface area contributed by atoms with Crippen molar-refractivity contribution in [3.8, 4) is 11.5 Å². The van der Waals surface area contributed by atoms with Crippen LogP contribution in [-0.2, 0) is 21.4 Å². The summed E-state index contributed by atoms with van der Waals surface area (Å²) < 4.78 is 41.2. The van der Waals surface area contributed by atoms with E-state index in [1.54, 1.807) is 35.2 Å². The maximum atomic E-state index is 12.6. The lowest BCUT2D eigenvalue weighted by Gasteiger charge is -2.25. The summed E-state index contributed by atoms with van der Waals surface area (Å²) in [6, 6.07) is 12.5. The number of methoxy groups -OCH3 is 1. The van der Waals surface area contributed by atoms with Gasteiger partial charge in [0.15, 0.2) is 0 Å². The Morgan fingerprint density at radius 3 is 2.61 bits per heavy atom. The van der Waals surface area contributed by atoms with Gasteiger partial charge in [-0.05, 0) is 61.7 Å². The van der Waals surface area contributed by atoms with Crippen LogP contribution in [0.5, 0.6) is 11.5 Å². The highest BCUT2D eigenvalue weighted by Gasteiger charge is 2.23. The number of hydrogen-bond donors (Lipinski definition) is 1. The average molecular weight is 449 g/mol. The molecule has 0 saturated carbocycles. The lowest BCUT2D eigenvalue weighted by Crippen LogP contribution is -2.43. The summed E-state index contributed by atoms with van der Waals surface area (Å²) in [5.74, 6) is 0.735. The second-order valence-electron chi connectivity index (χ2n) is 7.21. The number of nitrogens with zero attached hydrogens (tertiary/aromatic N) is 1. The van der Waals surface area contributed by atoms with Gasteiger partial charge in [-0.25, -0.2) is 4.79 Å². The fourth-order valence-electron chi connectivity index (χ4n) is 3.35. The van der Waals surface area contributed by atoms with Crippen molar-refractivity contribution in [2.24, 2.45) is 0 Å². The van der Waals surface area contributed by atoms with Crippen LogP contribution in [0.2, 0.25) is 0 Å². The van der Waals surface area contributed by atoms with Crippen LogP contribution < -0.4 is 14.2 Å². The summed E-state index contributed by atoms with van der Waals surface area (Å²) in [4.78, 5) is 14.2. The molecule has 8 nitrogen and oxygen atoms in total. The van der Waals surface area contributed by atoms with Crippen molar-refractivity contribution in [3.63, 3.8) is 0 Å². The van der Waals surface area contributed by atoms with Crippen molar-refractivity contribution >= 4 is 16.1 Å². The van der Waals surface area contributed by atoms with E-state index in [4.69, 9.17) is 13.7 Å². The molecule has 1 N–H and O–H groups in total. The molecule has 168 valence electrons. The number of benzene rings is 2. The Balaban J connectivity index is 1.73. The van der Waals surface area contributed by atoms with Gasteiger partial charge in [0.1, 0.15) is 16.4 Å². The quantitative estimate of drug-likeness (QED) is 0.592. The van der Waals surface area contributed by atoms with Crippen LogP contribution in [-0.4, -0.2) is 52.3 Å². The lowest BCUT2D eigenvalue weighted by molar-refractivity contribution is 0.0796. The van der Waals surface area contributed by atoms with E-state index >= 15 is 0 Å². The minimum absolute atomic E-state index is 0.0116. The van der Waals surface area contributed by atoms with Crippen molar-refractivity contribution in [1.29, 1.82) is 0 Å². The van der Waals surface area contributed by atoms with E-state index in [1.807, 2.05) is 13.0 Å². The average Bonchev–Trinajstić information content (AvgIpc) is 3.27. The molecule has 0 spiro atoms. The molecule has 9 heteroatoms. The monoisotopic (exact) mass is 448 g/mol. The van der Waals surface area contributed by atoms with Gasteiger partial charge in [-0.15, -0.1) is 0 Å². The standard InChI is InChI=1S/C22H28N2O6S/c1-3-23-22(25)24(16-20-8-5-13-29-20)15-17-6-4-7-19(14-17)30-31(26,27)21-11-9-18(28-2)10-12-21/h4,6-7,9-12,14,20H,3,5,8,13,15-16H2,1-2H3,(H,23,25)/t20-/m1/s1. The summed E-state index contributed by atoms with van der Waals surface area (Å²) in [6.07, 6.45) is 1.91. The van der Waals surface area contributed by atoms with Crippen molar-refractivity contribution in [2.75, 3.05) is 26.8 Å². The lowest BCUT2D eigenvalue weighted by atomic mass is 10.2. The van der Waals surface area contributed by atoms with Crippen LogP contribution in [0.3, 0.4) is 0 Å². The largest absolute Gasteiger partial charge is 0.497 e. The first-order valence-electron chi connectivity index (χ1n) is 10.2. The van der Waals surface area contributed by atoms with Crippen LogP contribution >= 0.6 is 0 Å². The molecule has 2 amide bonds. The van der Waals surface area contributed by atoms with Gasteiger partial charge in [0.25, 0.3) is 0 Å². The summed E-state index contributed by atoms with van der Waals surface area (Å²) in [5.41, 5.74) is 0.756. The highest BCUT2D eigenvalue weighted by Crippen LogP contribution is 2.23. The molecule has 2 aromatic rings. The molecule has 1 aliphatic rings. The molecule has 3 rings (SSSR count). The predicted molar refractivity (Wildman–Crippen MR) is 116 cm³/mol. The zero-order valence-corrected chi connectivity index (χ0v) is 18.6. The maximum Gasteiger partial charge on any atom is 0.339 e. The Hall–Kier alpha value is -2.78. The molecule has 2 aromatic carbocycles. The zero-order valence-electron chi connectivity index (χ0n) is 17.7. The fraction of sp³-hybridized carbons (Fsp3) is 0.409. The Bertz CT molecular complexity index is 972. The summed E-state index contributed by atoms with van der Waals surface area (Å²) >= 11 is 0. The Labute approximate surface area is 183 Å². The Morgan fingerprint density at radius 2 is 1.97 bits per heavy atom. The van der Waals surface area contributed by atoms with Gasteiger partial charge >= 0.3 is 16.1 Å². The number of hydrogen-bond acceptors (Lipinski definition) is 6. The number of carbonyl (C=O) groups is 1. The minimum Gasteiger partial charge on any atom is -0.497 e. The Morgan fingerprint density at radius 1 is 1.19 bits per heavy atom. The van der Waals surface area contributed by atoms with E-state index in [-0.39, 0.29) is 22.8 Å². The van der Waals surface area contributed by atoms with E-state index in [2.05, 4.69) is 5.32 Å². The van der Waals surface area contributed by atoms with Gasteiger partial charge in [0.2, 0.25) is 0 Å². The molecule has 1 atom stereocenters. The molecule has 1 fully saturated rings. The van der Waals surface area contributed by atoms with Gasteiger partial charge in [0, 0.05) is 26.2 Å². The molecule has 31 heavy (non-hydrogen) atoms. The molecule has 0 unspecified atom stereocenters. The van der Waals surface area contributed by atoms with E-state index in [1.165, 1.54) is 19.2 Å². The number of rotatable bonds is 9. The van der Waals surface area contributed by atoms with Gasteiger partial charge in [0.05, 0.1) is 13.2 Å². The van der Waals surface area contributed by atoms with Gasteiger partial charge < -0.3 is 23.9 Å². The van der Waals surface area contributed by atoms with Crippen molar-refractivity contribution in [1.82, 2.24) is 10.2 Å². The molecule has 0 aliphatic carbocycles. The first kappa shape index (κ1) is 22.9. The minimum atomic E-state index is -4.00. The van der Waals surface area contributed by atoms with Crippen LogP contribution in [0.15, 0.2) is 53.4 Å². The third-order valence-electron chi connectivity index (χ3n) is 4.89. The molecule has 1 heterocycles. The topological polar surface area (TPSA) is 94.2 Å². The molecular weight excluding hydrogens is 420 g/mol. The third-order valence-corrected chi connectivity index (χ3v) is 6.15. The summed E-state index contributed by atoms with van der Waals surface area (Å²) in [7, 11) is -2.49. The second kappa shape index (κ2) is 10.5. The molecular formula is C22H28N2O6S. The van der Waals surface area contributed by atoms with Gasteiger partial charge in [-0.1, -0.05) is 12.1 Å². The number of urea groups is 1. The molecule has 1 saturated heterocycles. The fourth-order valence-corrected chi connectivity index (χ4v) is 4.27. The third kappa shape index (κ3) is 6.35. The number of amides is 2. The summed E-state index contributed by atoms with van der Waals surface area (Å²) in [6.45, 7) is 3.87. The van der Waals surface area contributed by atoms with Crippen LogP contribution in [0.25, 0.3) is 0 Å². The summed E-state index contributed by atoms with van der Waals surface area (Å²) in [5, 5.41) is 2.82. The SMILES string of the molecule is CCNC(=O)N(Cc1cccc(OS(=O)(=O)c2ccc(OC)cc2)c1)C[C@H]1CCCO1. The second-order valence-corrected chi connectivity index (χ2v) is 8.76. The number of nitrogens with one attached hydrogen (secondary N) is 1. The molecule has 1 aliphatic heterocycles. The van der Waals surface area contributed by atoms with E-state index in [9.17, 15) is 13.2 Å². The van der Waals surface area contributed by atoms with Crippen molar-refractivity contribution in [3.05, 3.63) is 54.1 Å². The van der Waals surface area contributed by atoms with Crippen molar-refractivity contribution in [2.45, 2.75) is 37.3 Å². The first-order chi connectivity index (χ1) is 14.9. The first-order valence-corrected chi connectivity index (χ1v) is 11.6. The van der Waals surface area contributed by atoms with Gasteiger partial charge in [-0.2, -0.15) is 8.42 Å². The van der Waals surface area contributed by atoms with E-state index in [0.29, 0.717) is 32.0 Å². The molecule has 0 radical (unpaired) electrons. The zero-order chi connectivity index (χ0) is 22.3. The highest BCUT2D eigenvalue weighted by atomic mass is 32.2. The molecule has 0 bridgehead atoms.